The molecule has 1 atom stereocenters. The van der Waals surface area contributed by atoms with Gasteiger partial charge in [0.1, 0.15) is 0 Å². The summed E-state index contributed by atoms with van der Waals surface area (Å²) in [4.78, 5) is 4.77. The Hall–Kier alpha value is -1.06. The van der Waals surface area contributed by atoms with Gasteiger partial charge in [0.15, 0.2) is 0 Å². The van der Waals surface area contributed by atoms with Gasteiger partial charge < -0.3 is 14.9 Å². The Morgan fingerprint density at radius 1 is 1.44 bits per heavy atom. The second-order valence-electron chi connectivity index (χ2n) is 5.43. The zero-order valence-corrected chi connectivity index (χ0v) is 11.7. The van der Waals surface area contributed by atoms with Crippen molar-refractivity contribution >= 4 is 5.69 Å². The lowest BCUT2D eigenvalue weighted by Crippen LogP contribution is -2.36. The normalized spacial score (nSPS) is 20.3. The molecule has 0 aliphatic carbocycles. The van der Waals surface area contributed by atoms with Crippen LogP contribution in [-0.2, 0) is 6.61 Å². The molecule has 0 aromatic heterocycles. The molecule has 1 heterocycles. The fourth-order valence-electron chi connectivity index (χ4n) is 2.73. The van der Waals surface area contributed by atoms with Gasteiger partial charge in [-0.3, -0.25) is 0 Å². The van der Waals surface area contributed by atoms with E-state index in [2.05, 4.69) is 43.0 Å². The molecule has 0 saturated carbocycles. The third-order valence-electron chi connectivity index (χ3n) is 4.09. The van der Waals surface area contributed by atoms with Crippen molar-refractivity contribution in [1.29, 1.82) is 0 Å². The number of aliphatic hydroxyl groups is 1. The van der Waals surface area contributed by atoms with Crippen LogP contribution in [0.4, 0.5) is 5.69 Å². The molecule has 1 aromatic carbocycles. The van der Waals surface area contributed by atoms with E-state index in [4.69, 9.17) is 0 Å². The summed E-state index contributed by atoms with van der Waals surface area (Å²) in [6.07, 6.45) is 2.62. The van der Waals surface area contributed by atoms with Gasteiger partial charge in [0, 0.05) is 25.3 Å². The molecule has 0 radical (unpaired) electrons. The van der Waals surface area contributed by atoms with Gasteiger partial charge in [0.2, 0.25) is 0 Å². The zero-order chi connectivity index (χ0) is 13.1. The summed E-state index contributed by atoms with van der Waals surface area (Å²) in [5.41, 5.74) is 3.43. The van der Waals surface area contributed by atoms with Gasteiger partial charge in [-0.2, -0.15) is 0 Å². The van der Waals surface area contributed by atoms with Crippen LogP contribution in [0, 0.1) is 6.92 Å². The van der Waals surface area contributed by atoms with Crippen LogP contribution in [0.15, 0.2) is 18.2 Å². The summed E-state index contributed by atoms with van der Waals surface area (Å²) in [5.74, 6) is 0. The molecule has 1 unspecified atom stereocenters. The molecule has 1 aliphatic rings. The van der Waals surface area contributed by atoms with Crippen molar-refractivity contribution in [3.05, 3.63) is 29.3 Å². The van der Waals surface area contributed by atoms with E-state index >= 15 is 0 Å². The molecule has 1 saturated heterocycles. The summed E-state index contributed by atoms with van der Waals surface area (Å²) in [6.45, 7) is 4.49. The SMILES string of the molecule is Cc1cc(N(C)CC2CCCN2C)ccc1CO. The van der Waals surface area contributed by atoms with Gasteiger partial charge in [-0.1, -0.05) is 6.07 Å². The average Bonchev–Trinajstić information content (AvgIpc) is 2.75. The van der Waals surface area contributed by atoms with Gasteiger partial charge >= 0.3 is 0 Å². The monoisotopic (exact) mass is 248 g/mol. The minimum atomic E-state index is 0.126. The molecule has 2 rings (SSSR count). The highest BCUT2D eigenvalue weighted by Gasteiger charge is 2.22. The smallest absolute Gasteiger partial charge is 0.0684 e. The van der Waals surface area contributed by atoms with Gasteiger partial charge in [0.05, 0.1) is 6.61 Å². The van der Waals surface area contributed by atoms with Crippen molar-refractivity contribution in [2.45, 2.75) is 32.4 Å². The topological polar surface area (TPSA) is 26.7 Å². The second-order valence-corrected chi connectivity index (χ2v) is 5.43. The Kier molecular flexibility index (Phi) is 4.25. The van der Waals surface area contributed by atoms with Crippen molar-refractivity contribution in [2.75, 3.05) is 32.1 Å². The molecule has 3 heteroatoms. The molecule has 100 valence electrons. The Balaban J connectivity index is 2.04. The highest BCUT2D eigenvalue weighted by Crippen LogP contribution is 2.21. The van der Waals surface area contributed by atoms with Gasteiger partial charge in [-0.05, 0) is 56.6 Å². The first-order valence-electron chi connectivity index (χ1n) is 6.73. The first-order chi connectivity index (χ1) is 8.61. The first-order valence-corrected chi connectivity index (χ1v) is 6.73. The molecule has 1 fully saturated rings. The van der Waals surface area contributed by atoms with Gasteiger partial charge in [-0.25, -0.2) is 0 Å². The van der Waals surface area contributed by atoms with Crippen LogP contribution in [0.25, 0.3) is 0 Å². The van der Waals surface area contributed by atoms with Crippen LogP contribution in [0.2, 0.25) is 0 Å². The van der Waals surface area contributed by atoms with Crippen molar-refractivity contribution in [3.8, 4) is 0 Å². The largest absolute Gasteiger partial charge is 0.392 e. The number of likely N-dealkylation sites (N-methyl/N-ethyl adjacent to an activating group) is 2. The predicted octanol–water partition coefficient (Wildman–Crippen LogP) is 2.02. The van der Waals surface area contributed by atoms with E-state index in [1.807, 2.05) is 6.07 Å². The average molecular weight is 248 g/mol. The Bertz CT molecular complexity index is 405. The molecule has 0 amide bonds. The fraction of sp³-hybridized carbons (Fsp3) is 0.600. The van der Waals surface area contributed by atoms with Crippen molar-refractivity contribution in [3.63, 3.8) is 0 Å². The van der Waals surface area contributed by atoms with Gasteiger partial charge in [-0.15, -0.1) is 0 Å². The molecule has 18 heavy (non-hydrogen) atoms. The van der Waals surface area contributed by atoms with Crippen LogP contribution < -0.4 is 4.90 Å². The van der Waals surface area contributed by atoms with Crippen LogP contribution in [0.5, 0.6) is 0 Å². The number of benzene rings is 1. The fourth-order valence-corrected chi connectivity index (χ4v) is 2.73. The molecule has 0 spiro atoms. The predicted molar refractivity (Wildman–Crippen MR) is 76.0 cm³/mol. The number of likely N-dealkylation sites (tertiary alicyclic amines) is 1. The highest BCUT2D eigenvalue weighted by molar-refractivity contribution is 5.50. The third-order valence-corrected chi connectivity index (χ3v) is 4.09. The van der Waals surface area contributed by atoms with Crippen molar-refractivity contribution in [2.24, 2.45) is 0 Å². The van der Waals surface area contributed by atoms with E-state index in [-0.39, 0.29) is 6.61 Å². The van der Waals surface area contributed by atoms with Crippen LogP contribution >= 0.6 is 0 Å². The van der Waals surface area contributed by atoms with E-state index in [1.54, 1.807) is 0 Å². The lowest BCUT2D eigenvalue weighted by atomic mass is 10.1. The number of hydrogen-bond donors (Lipinski definition) is 1. The molecular formula is C15H24N2O. The maximum Gasteiger partial charge on any atom is 0.0684 e. The second kappa shape index (κ2) is 5.72. The number of hydrogen-bond acceptors (Lipinski definition) is 3. The third kappa shape index (κ3) is 2.85. The number of nitrogens with zero attached hydrogens (tertiary/aromatic N) is 2. The quantitative estimate of drug-likeness (QED) is 0.883. The summed E-state index contributed by atoms with van der Waals surface area (Å²) in [7, 11) is 4.37. The van der Waals surface area contributed by atoms with Crippen LogP contribution in [0.1, 0.15) is 24.0 Å². The zero-order valence-electron chi connectivity index (χ0n) is 11.7. The van der Waals surface area contributed by atoms with E-state index < -0.39 is 0 Å². The molecular weight excluding hydrogens is 224 g/mol. The van der Waals surface area contributed by atoms with Crippen molar-refractivity contribution in [1.82, 2.24) is 4.90 Å². The molecule has 1 aromatic rings. The van der Waals surface area contributed by atoms with Crippen LogP contribution in [0.3, 0.4) is 0 Å². The number of aliphatic hydroxyl groups excluding tert-OH is 1. The van der Waals surface area contributed by atoms with Gasteiger partial charge in [0.25, 0.3) is 0 Å². The van der Waals surface area contributed by atoms with E-state index in [0.717, 1.165) is 12.1 Å². The van der Waals surface area contributed by atoms with E-state index in [9.17, 15) is 5.11 Å². The Morgan fingerprint density at radius 2 is 2.22 bits per heavy atom. The standard InChI is InChI=1S/C15H24N2O/c1-12-9-14(7-6-13(12)11-18)17(3)10-15-5-4-8-16(15)2/h6-7,9,15,18H,4-5,8,10-11H2,1-3H3. The van der Waals surface area contributed by atoms with E-state index in [1.165, 1.54) is 30.6 Å². The summed E-state index contributed by atoms with van der Waals surface area (Å²) < 4.78 is 0. The number of rotatable bonds is 4. The minimum absolute atomic E-state index is 0.126. The Labute approximate surface area is 110 Å². The molecule has 3 nitrogen and oxygen atoms in total. The van der Waals surface area contributed by atoms with Crippen LogP contribution in [-0.4, -0.2) is 43.2 Å². The maximum absolute atomic E-state index is 9.19. The summed E-state index contributed by atoms with van der Waals surface area (Å²) in [6, 6.07) is 6.97. The molecule has 0 bridgehead atoms. The first kappa shape index (κ1) is 13.4. The summed E-state index contributed by atoms with van der Waals surface area (Å²) in [5, 5.41) is 9.19. The maximum atomic E-state index is 9.19. The molecule has 1 aliphatic heterocycles. The van der Waals surface area contributed by atoms with E-state index in [0.29, 0.717) is 6.04 Å². The lowest BCUT2D eigenvalue weighted by molar-refractivity contribution is 0.281. The number of anilines is 1. The highest BCUT2D eigenvalue weighted by atomic mass is 16.3. The summed E-state index contributed by atoms with van der Waals surface area (Å²) >= 11 is 0. The minimum Gasteiger partial charge on any atom is -0.392 e. The molecule has 1 N–H and O–H groups in total. The number of aryl methyl sites for hydroxylation is 1. The van der Waals surface area contributed by atoms with Crippen molar-refractivity contribution < 1.29 is 5.11 Å². The lowest BCUT2D eigenvalue weighted by Gasteiger charge is -2.27. The Morgan fingerprint density at radius 3 is 2.78 bits per heavy atom.